The maximum absolute atomic E-state index is 11.6. The van der Waals surface area contributed by atoms with Gasteiger partial charge in [0.25, 0.3) is 0 Å². The number of piperidine rings is 2. The van der Waals surface area contributed by atoms with E-state index in [1.165, 1.54) is 10.1 Å². The van der Waals surface area contributed by atoms with Crippen LogP contribution in [-0.2, 0) is 14.3 Å². The van der Waals surface area contributed by atoms with E-state index in [9.17, 15) is 20.0 Å². The van der Waals surface area contributed by atoms with Gasteiger partial charge in [-0.2, -0.15) is 10.1 Å². The third-order valence-corrected chi connectivity index (χ3v) is 7.79. The third kappa shape index (κ3) is 6.68. The summed E-state index contributed by atoms with van der Waals surface area (Å²) in [7, 11) is 0. The molecule has 0 spiro atoms. The number of carbonyl (C=O) groups is 2. The summed E-state index contributed by atoms with van der Waals surface area (Å²) >= 11 is 0. The quantitative estimate of drug-likeness (QED) is 0.266. The summed E-state index contributed by atoms with van der Waals surface area (Å²) in [6, 6.07) is 0. The van der Waals surface area contributed by atoms with Gasteiger partial charge in [0.15, 0.2) is 0 Å². The second-order valence-corrected chi connectivity index (χ2v) is 12.8. The lowest BCUT2D eigenvalue weighted by Crippen LogP contribution is -2.62. The van der Waals surface area contributed by atoms with Gasteiger partial charge in [0.1, 0.15) is 6.42 Å². The predicted molar refractivity (Wildman–Crippen MR) is 125 cm³/mol. The molecule has 0 radical (unpaired) electrons. The summed E-state index contributed by atoms with van der Waals surface area (Å²) in [4.78, 5) is 22.4. The predicted octanol–water partition coefficient (Wildman–Crippen LogP) is 4.72. The number of hydrogen-bond acceptors (Lipinski definition) is 7. The van der Waals surface area contributed by atoms with Crippen LogP contribution in [0.5, 0.6) is 0 Å². The molecule has 0 saturated carbocycles. The van der Waals surface area contributed by atoms with E-state index in [1.807, 2.05) is 0 Å². The molecule has 2 saturated heterocycles. The minimum Gasteiger partial charge on any atom is -0.481 e. The lowest BCUT2D eigenvalue weighted by Gasteiger charge is -2.57. The highest BCUT2D eigenvalue weighted by Gasteiger charge is 2.52. The zero-order valence-electron chi connectivity index (χ0n) is 21.8. The molecule has 2 rings (SSSR count). The number of hydrogen-bond donors (Lipinski definition) is 3. The third-order valence-electron chi connectivity index (χ3n) is 7.79. The topological polar surface area (TPSA) is 111 Å². The molecule has 33 heavy (non-hydrogen) atoms. The van der Waals surface area contributed by atoms with Crippen molar-refractivity contribution in [3.63, 3.8) is 0 Å². The first kappa shape index (κ1) is 28.0. The van der Waals surface area contributed by atoms with Crippen LogP contribution in [0.3, 0.4) is 0 Å². The number of esters is 1. The Kier molecular flexibility index (Phi) is 8.32. The Balaban J connectivity index is 2.23. The summed E-state index contributed by atoms with van der Waals surface area (Å²) in [5.74, 6) is -0.809. The van der Waals surface area contributed by atoms with Crippen molar-refractivity contribution in [2.75, 3.05) is 6.61 Å². The monoisotopic (exact) mass is 470 g/mol. The number of carboxylic acids is 1. The van der Waals surface area contributed by atoms with Crippen molar-refractivity contribution in [1.82, 2.24) is 10.1 Å². The Hall–Kier alpha value is -1.22. The van der Waals surface area contributed by atoms with Gasteiger partial charge in [0.2, 0.25) is 0 Å². The fourth-order valence-electron chi connectivity index (χ4n) is 6.84. The fourth-order valence-corrected chi connectivity index (χ4v) is 6.84. The second-order valence-electron chi connectivity index (χ2n) is 12.8. The second kappa shape index (κ2) is 9.80. The Bertz CT molecular complexity index is 640. The molecule has 0 aliphatic carbocycles. The maximum atomic E-state index is 11.6. The number of aliphatic carboxylic acids is 1. The zero-order valence-corrected chi connectivity index (χ0v) is 21.8. The summed E-state index contributed by atoms with van der Waals surface area (Å²) in [6.07, 6.45) is 4.33. The smallest absolute Gasteiger partial charge is 0.317 e. The van der Waals surface area contributed by atoms with Crippen LogP contribution >= 0.6 is 0 Å². The van der Waals surface area contributed by atoms with Gasteiger partial charge in [0, 0.05) is 22.2 Å². The van der Waals surface area contributed by atoms with Gasteiger partial charge >= 0.3 is 11.9 Å². The number of ether oxygens (including phenoxy) is 1. The molecule has 8 heteroatoms. The van der Waals surface area contributed by atoms with E-state index >= 15 is 0 Å². The largest absolute Gasteiger partial charge is 0.481 e. The maximum Gasteiger partial charge on any atom is 0.317 e. The Labute approximate surface area is 199 Å². The van der Waals surface area contributed by atoms with Crippen LogP contribution < -0.4 is 0 Å². The Morgan fingerprint density at radius 3 is 1.52 bits per heavy atom. The number of rotatable bonds is 8. The normalized spacial score (nSPS) is 25.8. The standard InChI is InChI=1S/C25H46N2O6/c1-22(2)13-17(14-23(3,4)26(22)31)19(10-9-11-33-21(30)12-20(28)29)18-15-24(5,6)27(32)25(7,8)16-18/h17-19,31-32H,9-16H2,1-8H3,(H,28,29). The van der Waals surface area contributed by atoms with Crippen molar-refractivity contribution < 1.29 is 29.8 Å². The van der Waals surface area contributed by atoms with Crippen molar-refractivity contribution >= 4 is 11.9 Å². The van der Waals surface area contributed by atoms with Crippen LogP contribution in [-0.4, -0.2) is 66.3 Å². The lowest BCUT2D eigenvalue weighted by atomic mass is 9.61. The van der Waals surface area contributed by atoms with Gasteiger partial charge in [0.05, 0.1) is 6.61 Å². The molecule has 0 amide bonds. The first-order valence-electron chi connectivity index (χ1n) is 12.2. The molecule has 3 N–H and O–H groups in total. The van der Waals surface area contributed by atoms with E-state index in [2.05, 4.69) is 55.4 Å². The van der Waals surface area contributed by atoms with Gasteiger partial charge < -0.3 is 20.3 Å². The highest BCUT2D eigenvalue weighted by molar-refractivity contribution is 5.90. The Morgan fingerprint density at radius 1 is 0.818 bits per heavy atom. The first-order chi connectivity index (χ1) is 14.9. The van der Waals surface area contributed by atoms with E-state index < -0.39 is 18.4 Å². The van der Waals surface area contributed by atoms with E-state index in [1.54, 1.807) is 0 Å². The molecule has 0 unspecified atom stereocenters. The molecule has 2 aliphatic heterocycles. The molecule has 2 aliphatic rings. The minimum atomic E-state index is -1.18. The summed E-state index contributed by atoms with van der Waals surface area (Å²) in [5.41, 5.74) is -1.44. The van der Waals surface area contributed by atoms with Gasteiger partial charge in [-0.25, -0.2) is 0 Å². The molecular formula is C25H46N2O6. The van der Waals surface area contributed by atoms with E-state index in [4.69, 9.17) is 9.84 Å². The van der Waals surface area contributed by atoms with Crippen LogP contribution in [0.15, 0.2) is 0 Å². The van der Waals surface area contributed by atoms with Crippen LogP contribution in [0.2, 0.25) is 0 Å². The molecule has 0 aromatic carbocycles. The van der Waals surface area contributed by atoms with Crippen LogP contribution in [0.25, 0.3) is 0 Å². The van der Waals surface area contributed by atoms with Gasteiger partial charge in [-0.1, -0.05) is 0 Å². The first-order valence-corrected chi connectivity index (χ1v) is 12.2. The van der Waals surface area contributed by atoms with Crippen LogP contribution in [0, 0.1) is 17.8 Å². The summed E-state index contributed by atoms with van der Waals surface area (Å²) in [6.45, 7) is 16.8. The molecule has 0 atom stereocenters. The molecule has 2 heterocycles. The van der Waals surface area contributed by atoms with Crippen molar-refractivity contribution in [3.05, 3.63) is 0 Å². The molecule has 0 aromatic rings. The Morgan fingerprint density at radius 2 is 1.18 bits per heavy atom. The van der Waals surface area contributed by atoms with Crippen molar-refractivity contribution in [2.24, 2.45) is 17.8 Å². The number of hydroxylamine groups is 4. The highest BCUT2D eigenvalue weighted by Crippen LogP contribution is 2.51. The van der Waals surface area contributed by atoms with Gasteiger partial charge in [-0.15, -0.1) is 0 Å². The highest BCUT2D eigenvalue weighted by atomic mass is 16.5. The van der Waals surface area contributed by atoms with Crippen LogP contribution in [0.4, 0.5) is 0 Å². The van der Waals surface area contributed by atoms with E-state index in [-0.39, 0.29) is 28.8 Å². The van der Waals surface area contributed by atoms with Crippen molar-refractivity contribution in [2.45, 2.75) is 122 Å². The molecule has 192 valence electrons. The average Bonchev–Trinajstić information content (AvgIpc) is 2.62. The summed E-state index contributed by atoms with van der Waals surface area (Å²) in [5, 5.41) is 33.4. The number of carboxylic acid groups (broad SMARTS) is 1. The minimum absolute atomic E-state index is 0.208. The molecular weight excluding hydrogens is 424 g/mol. The lowest BCUT2D eigenvalue weighted by molar-refractivity contribution is -0.267. The van der Waals surface area contributed by atoms with E-state index in [0.717, 1.165) is 32.1 Å². The SMILES string of the molecule is CC1(C)CC(C(CCCOC(=O)CC(=O)O)C2CC(C)(C)N(O)C(C)(C)C2)CC(C)(C)N1O. The molecule has 0 bridgehead atoms. The molecule has 8 nitrogen and oxygen atoms in total. The van der Waals surface area contributed by atoms with Gasteiger partial charge in [-0.3, -0.25) is 9.59 Å². The number of carbonyl (C=O) groups excluding carboxylic acids is 1. The van der Waals surface area contributed by atoms with Crippen molar-refractivity contribution in [3.8, 4) is 0 Å². The van der Waals surface area contributed by atoms with Crippen molar-refractivity contribution in [1.29, 1.82) is 0 Å². The van der Waals surface area contributed by atoms with Gasteiger partial charge in [-0.05, 0) is 112 Å². The van der Waals surface area contributed by atoms with Crippen LogP contribution in [0.1, 0.15) is 100 Å². The zero-order chi connectivity index (χ0) is 25.4. The van der Waals surface area contributed by atoms with E-state index in [0.29, 0.717) is 24.2 Å². The average molecular weight is 471 g/mol. The summed E-state index contributed by atoms with van der Waals surface area (Å²) < 4.78 is 5.16. The molecule has 0 aromatic heterocycles. The molecule has 2 fully saturated rings. The fraction of sp³-hybridized carbons (Fsp3) is 0.920. The number of nitrogens with zero attached hydrogens (tertiary/aromatic N) is 2.